The van der Waals surface area contributed by atoms with Gasteiger partial charge in [0.25, 0.3) is 0 Å². The number of fused-ring (bicyclic) bond motifs is 1. The molecular formula is C12H11NO. The van der Waals surface area contributed by atoms with Crippen LogP contribution in [0.15, 0.2) is 18.2 Å². The van der Waals surface area contributed by atoms with E-state index in [9.17, 15) is 4.79 Å². The monoisotopic (exact) mass is 185 g/mol. The van der Waals surface area contributed by atoms with Gasteiger partial charge in [0, 0.05) is 12.1 Å². The van der Waals surface area contributed by atoms with E-state index in [0.717, 1.165) is 25.1 Å². The summed E-state index contributed by atoms with van der Waals surface area (Å²) >= 11 is 0. The standard InChI is InChI=1S/C12H11NO/c14-7-1-2-10-3-4-12-9-13-6-5-11(12)8-10/h3-4,7-8,13H,5-6,9H2. The number of benzene rings is 1. The van der Waals surface area contributed by atoms with Crippen molar-refractivity contribution in [2.75, 3.05) is 6.54 Å². The molecule has 1 aliphatic rings. The SMILES string of the molecule is O=CC#Cc1ccc2c(c1)CCNC2. The number of hydrogen-bond donors (Lipinski definition) is 1. The highest BCUT2D eigenvalue weighted by Gasteiger charge is 2.07. The van der Waals surface area contributed by atoms with E-state index in [1.54, 1.807) is 0 Å². The van der Waals surface area contributed by atoms with Crippen LogP contribution >= 0.6 is 0 Å². The van der Waals surface area contributed by atoms with Gasteiger partial charge in [0.1, 0.15) is 0 Å². The summed E-state index contributed by atoms with van der Waals surface area (Å²) in [6.45, 7) is 1.97. The van der Waals surface area contributed by atoms with Gasteiger partial charge in [-0.05, 0) is 42.1 Å². The summed E-state index contributed by atoms with van der Waals surface area (Å²) < 4.78 is 0. The highest BCUT2D eigenvalue weighted by molar-refractivity contribution is 5.74. The van der Waals surface area contributed by atoms with Gasteiger partial charge < -0.3 is 5.32 Å². The van der Waals surface area contributed by atoms with E-state index in [-0.39, 0.29) is 0 Å². The molecule has 0 aliphatic carbocycles. The first kappa shape index (κ1) is 8.98. The maximum absolute atomic E-state index is 10.1. The Kier molecular flexibility index (Phi) is 2.62. The number of hydrogen-bond acceptors (Lipinski definition) is 2. The van der Waals surface area contributed by atoms with Crippen molar-refractivity contribution in [2.24, 2.45) is 0 Å². The maximum atomic E-state index is 10.1. The topological polar surface area (TPSA) is 29.1 Å². The van der Waals surface area contributed by atoms with Crippen molar-refractivity contribution < 1.29 is 4.79 Å². The molecule has 2 rings (SSSR count). The summed E-state index contributed by atoms with van der Waals surface area (Å²) in [5.41, 5.74) is 3.62. The van der Waals surface area contributed by atoms with Gasteiger partial charge in [0.05, 0.1) is 0 Å². The summed E-state index contributed by atoms with van der Waals surface area (Å²) in [5.74, 6) is 5.23. The predicted molar refractivity (Wildman–Crippen MR) is 54.8 cm³/mol. The summed E-state index contributed by atoms with van der Waals surface area (Å²) in [4.78, 5) is 10.1. The Balaban J connectivity index is 2.33. The Hall–Kier alpha value is -1.59. The average molecular weight is 185 g/mol. The number of carbonyl (C=O) groups excluding carboxylic acids is 1. The first-order valence-corrected chi connectivity index (χ1v) is 4.68. The third kappa shape index (κ3) is 1.84. The molecule has 70 valence electrons. The van der Waals surface area contributed by atoms with E-state index in [2.05, 4.69) is 29.3 Å². The van der Waals surface area contributed by atoms with Gasteiger partial charge in [-0.25, -0.2) is 0 Å². The molecule has 0 unspecified atom stereocenters. The van der Waals surface area contributed by atoms with E-state index in [1.807, 2.05) is 6.07 Å². The van der Waals surface area contributed by atoms with Crippen molar-refractivity contribution in [3.05, 3.63) is 34.9 Å². The fraction of sp³-hybridized carbons (Fsp3) is 0.250. The smallest absolute Gasteiger partial charge is 0.193 e. The normalized spacial score (nSPS) is 13.7. The van der Waals surface area contributed by atoms with Crippen LogP contribution < -0.4 is 5.32 Å². The van der Waals surface area contributed by atoms with Crippen LogP contribution in [0, 0.1) is 11.8 Å². The van der Waals surface area contributed by atoms with Crippen molar-refractivity contribution in [3.63, 3.8) is 0 Å². The molecule has 1 aromatic carbocycles. The van der Waals surface area contributed by atoms with Crippen LogP contribution in [0.25, 0.3) is 0 Å². The minimum atomic E-state index is 0.626. The lowest BCUT2D eigenvalue weighted by Crippen LogP contribution is -2.23. The maximum Gasteiger partial charge on any atom is 0.193 e. The van der Waals surface area contributed by atoms with Crippen molar-refractivity contribution in [2.45, 2.75) is 13.0 Å². The largest absolute Gasteiger partial charge is 0.312 e. The third-order valence-electron chi connectivity index (χ3n) is 2.37. The number of carbonyl (C=O) groups is 1. The second-order valence-electron chi connectivity index (χ2n) is 3.30. The van der Waals surface area contributed by atoms with Crippen molar-refractivity contribution in [3.8, 4) is 11.8 Å². The second-order valence-corrected chi connectivity index (χ2v) is 3.30. The molecule has 1 aromatic rings. The molecule has 0 fully saturated rings. The molecule has 0 radical (unpaired) electrons. The van der Waals surface area contributed by atoms with Crippen LogP contribution in [0.2, 0.25) is 0 Å². The van der Waals surface area contributed by atoms with E-state index >= 15 is 0 Å². The van der Waals surface area contributed by atoms with Crippen molar-refractivity contribution in [1.29, 1.82) is 0 Å². The summed E-state index contributed by atoms with van der Waals surface area (Å²) in [6.07, 6.45) is 1.67. The van der Waals surface area contributed by atoms with Gasteiger partial charge in [-0.3, -0.25) is 4.79 Å². The summed E-state index contributed by atoms with van der Waals surface area (Å²) in [6, 6.07) is 6.12. The molecule has 0 atom stereocenters. The Morgan fingerprint density at radius 3 is 3.14 bits per heavy atom. The van der Waals surface area contributed by atoms with Crippen molar-refractivity contribution in [1.82, 2.24) is 5.32 Å². The highest BCUT2D eigenvalue weighted by atomic mass is 16.1. The van der Waals surface area contributed by atoms with Gasteiger partial charge in [-0.1, -0.05) is 12.0 Å². The van der Waals surface area contributed by atoms with Gasteiger partial charge in [-0.15, -0.1) is 0 Å². The molecule has 0 saturated carbocycles. The van der Waals surface area contributed by atoms with Crippen LogP contribution in [0.1, 0.15) is 16.7 Å². The van der Waals surface area contributed by atoms with Crippen LogP contribution in [0.5, 0.6) is 0 Å². The molecule has 2 heteroatoms. The van der Waals surface area contributed by atoms with E-state index in [1.165, 1.54) is 11.1 Å². The molecule has 2 nitrogen and oxygen atoms in total. The molecule has 0 saturated heterocycles. The number of rotatable bonds is 0. The van der Waals surface area contributed by atoms with Gasteiger partial charge in [-0.2, -0.15) is 0 Å². The Morgan fingerprint density at radius 2 is 2.29 bits per heavy atom. The zero-order chi connectivity index (χ0) is 9.80. The fourth-order valence-electron chi connectivity index (χ4n) is 1.67. The van der Waals surface area contributed by atoms with Crippen LogP contribution in [0.4, 0.5) is 0 Å². The second kappa shape index (κ2) is 4.08. The molecule has 1 N–H and O–H groups in total. The van der Waals surface area contributed by atoms with E-state index in [0.29, 0.717) is 6.29 Å². The Morgan fingerprint density at radius 1 is 1.36 bits per heavy atom. The molecule has 1 heterocycles. The Bertz CT molecular complexity index is 412. The lowest BCUT2D eigenvalue weighted by atomic mass is 9.99. The minimum Gasteiger partial charge on any atom is -0.312 e. The molecule has 0 bridgehead atoms. The average Bonchev–Trinajstić information content (AvgIpc) is 2.26. The lowest BCUT2D eigenvalue weighted by Gasteiger charge is -2.16. The van der Waals surface area contributed by atoms with Gasteiger partial charge >= 0.3 is 0 Å². The predicted octanol–water partition coefficient (Wildman–Crippen LogP) is 0.883. The van der Waals surface area contributed by atoms with Crippen LogP contribution in [0.3, 0.4) is 0 Å². The molecule has 0 aromatic heterocycles. The Labute approximate surface area is 83.3 Å². The highest BCUT2D eigenvalue weighted by Crippen LogP contribution is 2.15. The molecule has 1 aliphatic heterocycles. The summed E-state index contributed by atoms with van der Waals surface area (Å²) in [5, 5.41) is 3.31. The van der Waals surface area contributed by atoms with Crippen LogP contribution in [-0.2, 0) is 17.8 Å². The fourth-order valence-corrected chi connectivity index (χ4v) is 1.67. The lowest BCUT2D eigenvalue weighted by molar-refractivity contribution is -0.103. The number of nitrogens with one attached hydrogen (secondary N) is 1. The van der Waals surface area contributed by atoms with E-state index < -0.39 is 0 Å². The van der Waals surface area contributed by atoms with Crippen LogP contribution in [-0.4, -0.2) is 12.8 Å². The summed E-state index contributed by atoms with van der Waals surface area (Å²) in [7, 11) is 0. The molecular weight excluding hydrogens is 174 g/mol. The van der Waals surface area contributed by atoms with Gasteiger partial charge in [0.15, 0.2) is 6.29 Å². The first-order valence-electron chi connectivity index (χ1n) is 4.68. The minimum absolute atomic E-state index is 0.626. The zero-order valence-electron chi connectivity index (χ0n) is 7.84. The van der Waals surface area contributed by atoms with Gasteiger partial charge in [0.2, 0.25) is 0 Å². The molecule has 0 spiro atoms. The van der Waals surface area contributed by atoms with E-state index in [4.69, 9.17) is 0 Å². The zero-order valence-corrected chi connectivity index (χ0v) is 7.84. The number of aldehydes is 1. The quantitative estimate of drug-likeness (QED) is 0.480. The third-order valence-corrected chi connectivity index (χ3v) is 2.37. The first-order chi connectivity index (χ1) is 6.90. The molecule has 0 amide bonds. The molecule has 14 heavy (non-hydrogen) atoms. The van der Waals surface area contributed by atoms with Crippen molar-refractivity contribution >= 4 is 6.29 Å².